The van der Waals surface area contributed by atoms with Gasteiger partial charge in [0.1, 0.15) is 0 Å². The zero-order valence-electron chi connectivity index (χ0n) is 23.9. The fourth-order valence-corrected chi connectivity index (χ4v) is 11.7. The average molecular weight is 511 g/mol. The van der Waals surface area contributed by atoms with Gasteiger partial charge >= 0.3 is 0 Å². The minimum absolute atomic E-state index is 0.548. The molecule has 0 aromatic heterocycles. The Bertz CT molecular complexity index is 1120. The summed E-state index contributed by atoms with van der Waals surface area (Å²) in [5.41, 5.74) is 7.67. The van der Waals surface area contributed by atoms with Crippen LogP contribution in [0.15, 0.2) is 86.0 Å². The standard InChI is InChI=1S/C34H46Si2/c1-25(2)29-13-11-15-31(21-29)27(5)23-35(7,8)33-17-19-34(20-18-33)36(9,10)24-28(6)32-16-12-14-30(22-32)26(3)4/h11-22,27-28H,1,3,23-24H2,2,4-10H3. The van der Waals surface area contributed by atoms with Gasteiger partial charge in [0.25, 0.3) is 0 Å². The zero-order chi connectivity index (χ0) is 26.7. The molecule has 0 amide bonds. The Morgan fingerprint density at radius 2 is 0.944 bits per heavy atom. The van der Waals surface area contributed by atoms with E-state index in [1.54, 1.807) is 10.4 Å². The molecule has 0 nitrogen and oxygen atoms in total. The van der Waals surface area contributed by atoms with Crippen molar-refractivity contribution in [3.05, 3.63) is 108 Å². The summed E-state index contributed by atoms with van der Waals surface area (Å²) < 4.78 is 0. The SMILES string of the molecule is C=C(C)c1cccc(C(C)C[Si](C)(C)c2ccc([Si](C)(C)CC(C)c3cccc(C(=C)C)c3)cc2)c1. The van der Waals surface area contributed by atoms with Crippen LogP contribution in [0.4, 0.5) is 0 Å². The van der Waals surface area contributed by atoms with Crippen molar-refractivity contribution < 1.29 is 0 Å². The summed E-state index contributed by atoms with van der Waals surface area (Å²) in [5.74, 6) is 1.10. The molecule has 0 aliphatic heterocycles. The largest absolute Gasteiger partial charge is 0.0955 e. The quantitative estimate of drug-likeness (QED) is 0.238. The first-order chi connectivity index (χ1) is 16.8. The van der Waals surface area contributed by atoms with E-state index in [2.05, 4.69) is 140 Å². The minimum atomic E-state index is -1.57. The predicted molar refractivity (Wildman–Crippen MR) is 169 cm³/mol. The van der Waals surface area contributed by atoms with Gasteiger partial charge in [0, 0.05) is 0 Å². The van der Waals surface area contributed by atoms with Crippen LogP contribution in [-0.2, 0) is 0 Å². The molecular weight excluding hydrogens is 465 g/mol. The van der Waals surface area contributed by atoms with E-state index in [1.807, 2.05) is 0 Å². The molecule has 36 heavy (non-hydrogen) atoms. The second kappa shape index (κ2) is 11.3. The highest BCUT2D eigenvalue weighted by Gasteiger charge is 2.29. The van der Waals surface area contributed by atoms with Crippen molar-refractivity contribution in [3.8, 4) is 0 Å². The van der Waals surface area contributed by atoms with Crippen LogP contribution in [0.5, 0.6) is 0 Å². The lowest BCUT2D eigenvalue weighted by atomic mass is 9.98. The molecule has 2 atom stereocenters. The molecule has 0 aliphatic carbocycles. The third-order valence-electron chi connectivity index (χ3n) is 7.98. The van der Waals surface area contributed by atoms with E-state index in [-0.39, 0.29) is 0 Å². The number of hydrogen-bond donors (Lipinski definition) is 0. The molecule has 0 heterocycles. The molecule has 3 aromatic rings. The van der Waals surface area contributed by atoms with Gasteiger partial charge in [-0.25, -0.2) is 0 Å². The number of benzene rings is 3. The molecule has 0 bridgehead atoms. The number of rotatable bonds is 10. The summed E-state index contributed by atoms with van der Waals surface area (Å²) in [6.07, 6.45) is 0. The highest BCUT2D eigenvalue weighted by atomic mass is 28.3. The molecule has 0 N–H and O–H groups in total. The Balaban J connectivity index is 1.73. The second-order valence-electron chi connectivity index (χ2n) is 12.4. The smallest absolute Gasteiger partial charge is 0.0812 e. The van der Waals surface area contributed by atoms with Crippen molar-refractivity contribution in [1.29, 1.82) is 0 Å². The summed E-state index contributed by atoms with van der Waals surface area (Å²) in [6, 6.07) is 30.3. The van der Waals surface area contributed by atoms with Gasteiger partial charge in [0.15, 0.2) is 0 Å². The monoisotopic (exact) mass is 510 g/mol. The maximum atomic E-state index is 4.13. The van der Waals surface area contributed by atoms with Crippen LogP contribution in [0, 0.1) is 0 Å². The van der Waals surface area contributed by atoms with Crippen molar-refractivity contribution >= 4 is 37.7 Å². The van der Waals surface area contributed by atoms with E-state index in [0.29, 0.717) is 11.8 Å². The van der Waals surface area contributed by atoms with Gasteiger partial charge in [0.2, 0.25) is 0 Å². The van der Waals surface area contributed by atoms with Crippen molar-refractivity contribution in [1.82, 2.24) is 0 Å². The van der Waals surface area contributed by atoms with Crippen molar-refractivity contribution in [2.75, 3.05) is 0 Å². The Morgan fingerprint density at radius 3 is 1.25 bits per heavy atom. The van der Waals surface area contributed by atoms with Crippen LogP contribution >= 0.6 is 0 Å². The second-order valence-corrected chi connectivity index (χ2v) is 21.9. The van der Waals surface area contributed by atoms with Crippen molar-refractivity contribution in [3.63, 3.8) is 0 Å². The first-order valence-corrected chi connectivity index (χ1v) is 19.8. The van der Waals surface area contributed by atoms with Gasteiger partial charge < -0.3 is 0 Å². The van der Waals surface area contributed by atoms with Crippen LogP contribution in [-0.4, -0.2) is 16.1 Å². The summed E-state index contributed by atoms with van der Waals surface area (Å²) >= 11 is 0. The molecule has 0 fully saturated rings. The summed E-state index contributed by atoms with van der Waals surface area (Å²) in [5, 5.41) is 3.14. The van der Waals surface area contributed by atoms with Gasteiger partial charge in [-0.15, -0.1) is 0 Å². The molecule has 0 saturated carbocycles. The Labute approximate surface area is 223 Å². The first-order valence-electron chi connectivity index (χ1n) is 13.4. The van der Waals surface area contributed by atoms with E-state index < -0.39 is 16.1 Å². The van der Waals surface area contributed by atoms with E-state index in [0.717, 1.165) is 11.1 Å². The summed E-state index contributed by atoms with van der Waals surface area (Å²) in [6.45, 7) is 27.3. The van der Waals surface area contributed by atoms with E-state index in [4.69, 9.17) is 0 Å². The van der Waals surface area contributed by atoms with E-state index in [1.165, 1.54) is 34.3 Å². The molecule has 3 rings (SSSR count). The fraction of sp³-hybridized carbons (Fsp3) is 0.353. The van der Waals surface area contributed by atoms with Crippen molar-refractivity contribution in [2.24, 2.45) is 0 Å². The van der Waals surface area contributed by atoms with Crippen LogP contribution in [0.2, 0.25) is 38.3 Å². The lowest BCUT2D eigenvalue weighted by Gasteiger charge is -2.30. The Kier molecular flexibility index (Phi) is 8.85. The van der Waals surface area contributed by atoms with Gasteiger partial charge in [-0.3, -0.25) is 0 Å². The average Bonchev–Trinajstić information content (AvgIpc) is 2.83. The predicted octanol–water partition coefficient (Wildman–Crippen LogP) is 9.19. The van der Waals surface area contributed by atoms with Crippen LogP contribution in [0.25, 0.3) is 11.1 Å². The third-order valence-corrected chi connectivity index (χ3v) is 15.0. The third kappa shape index (κ3) is 6.86. The first kappa shape index (κ1) is 28.1. The summed E-state index contributed by atoms with van der Waals surface area (Å²) in [4.78, 5) is 0. The van der Waals surface area contributed by atoms with Gasteiger partial charge in [-0.2, -0.15) is 0 Å². The molecule has 0 aliphatic rings. The van der Waals surface area contributed by atoms with E-state index in [9.17, 15) is 0 Å². The van der Waals surface area contributed by atoms with E-state index >= 15 is 0 Å². The zero-order valence-corrected chi connectivity index (χ0v) is 25.9. The maximum Gasteiger partial charge on any atom is 0.0812 e. The maximum absolute atomic E-state index is 4.13. The molecule has 2 heteroatoms. The molecule has 2 unspecified atom stereocenters. The highest BCUT2D eigenvalue weighted by molar-refractivity contribution is 6.91. The Hall–Kier alpha value is -2.43. The van der Waals surface area contributed by atoms with Gasteiger partial charge in [0.05, 0.1) is 16.1 Å². The van der Waals surface area contributed by atoms with Crippen LogP contribution in [0.3, 0.4) is 0 Å². The summed E-state index contributed by atoms with van der Waals surface area (Å²) in [7, 11) is -3.14. The Morgan fingerprint density at radius 1 is 0.611 bits per heavy atom. The van der Waals surface area contributed by atoms with Crippen LogP contribution in [0.1, 0.15) is 61.8 Å². The van der Waals surface area contributed by atoms with Gasteiger partial charge in [-0.1, -0.05) is 148 Å². The lowest BCUT2D eigenvalue weighted by molar-refractivity contribution is 0.847. The van der Waals surface area contributed by atoms with Crippen molar-refractivity contribution in [2.45, 2.75) is 77.8 Å². The molecule has 3 aromatic carbocycles. The van der Waals surface area contributed by atoms with Crippen LogP contribution < -0.4 is 10.4 Å². The molecule has 0 spiro atoms. The molecule has 0 radical (unpaired) electrons. The minimum Gasteiger partial charge on any atom is -0.0955 e. The molecule has 0 saturated heterocycles. The topological polar surface area (TPSA) is 0 Å². The number of allylic oxidation sites excluding steroid dienone is 2. The molecule has 190 valence electrons. The number of hydrogen-bond acceptors (Lipinski definition) is 0. The fourth-order valence-electron chi connectivity index (χ4n) is 5.60. The lowest BCUT2D eigenvalue weighted by Crippen LogP contribution is -2.46. The highest BCUT2D eigenvalue weighted by Crippen LogP contribution is 2.30. The molecular formula is C34H46Si2. The normalized spacial score (nSPS) is 13.8. The van der Waals surface area contributed by atoms with Gasteiger partial charge in [-0.05, 0) is 60.0 Å².